The van der Waals surface area contributed by atoms with Gasteiger partial charge in [-0.1, -0.05) is 6.07 Å². The third-order valence-electron chi connectivity index (χ3n) is 6.06. The second-order valence-corrected chi connectivity index (χ2v) is 9.64. The topological polar surface area (TPSA) is 74.9 Å². The van der Waals surface area contributed by atoms with Crippen LogP contribution in [0.15, 0.2) is 65.7 Å². The highest BCUT2D eigenvalue weighted by atomic mass is 32.2. The quantitative estimate of drug-likeness (QED) is 0.293. The third kappa shape index (κ3) is 4.12. The van der Waals surface area contributed by atoms with Crippen molar-refractivity contribution >= 4 is 20.9 Å². The lowest BCUT2D eigenvalue weighted by atomic mass is 9.95. The van der Waals surface area contributed by atoms with Crippen molar-refractivity contribution in [1.82, 2.24) is 0 Å². The minimum atomic E-state index is -4.28. The Labute approximate surface area is 202 Å². The highest BCUT2D eigenvalue weighted by Crippen LogP contribution is 2.39. The standard InChI is InChI=1S/C26H23FNO6S/c1-31-23-10-16-7-8-28-15-18-12-24(32-2)26(34-35(29,30)20-6-4-5-19(27)13-20)11-17(18)9-22(28)21(16)14-25(23)33-3/h4-6,9-15H,7-8H2,1-3H3/q+1. The summed E-state index contributed by atoms with van der Waals surface area (Å²) < 4.78 is 63.1. The molecule has 0 amide bonds. The molecule has 4 aromatic rings. The van der Waals surface area contributed by atoms with Gasteiger partial charge in [-0.15, -0.1) is 0 Å². The van der Waals surface area contributed by atoms with Crippen LogP contribution in [0, 0.1) is 5.82 Å². The molecule has 0 aliphatic carbocycles. The van der Waals surface area contributed by atoms with Crippen LogP contribution in [-0.2, 0) is 23.1 Å². The molecule has 1 aromatic heterocycles. The summed E-state index contributed by atoms with van der Waals surface area (Å²) in [7, 11) is 0.360. The molecule has 9 heteroatoms. The fourth-order valence-corrected chi connectivity index (χ4v) is 5.30. The van der Waals surface area contributed by atoms with Crippen molar-refractivity contribution in [2.45, 2.75) is 17.9 Å². The van der Waals surface area contributed by atoms with E-state index < -0.39 is 15.9 Å². The summed E-state index contributed by atoms with van der Waals surface area (Å²) in [6.07, 6.45) is 2.82. The summed E-state index contributed by atoms with van der Waals surface area (Å²) in [5, 5.41) is 1.61. The molecule has 1 aliphatic heterocycles. The summed E-state index contributed by atoms with van der Waals surface area (Å²) in [6, 6.07) is 13.9. The number of methoxy groups -OCH3 is 3. The van der Waals surface area contributed by atoms with Crippen LogP contribution in [0.5, 0.6) is 23.0 Å². The van der Waals surface area contributed by atoms with Crippen molar-refractivity contribution in [3.8, 4) is 34.3 Å². The first-order valence-corrected chi connectivity index (χ1v) is 12.2. The molecule has 7 nitrogen and oxygen atoms in total. The average Bonchev–Trinajstić information content (AvgIpc) is 2.86. The van der Waals surface area contributed by atoms with E-state index >= 15 is 0 Å². The van der Waals surface area contributed by atoms with Crippen molar-refractivity contribution < 1.29 is 35.8 Å². The first-order valence-electron chi connectivity index (χ1n) is 10.8. The molecule has 1 aliphatic rings. The molecule has 0 unspecified atom stereocenters. The number of aromatic nitrogens is 1. The van der Waals surface area contributed by atoms with Crippen LogP contribution >= 0.6 is 0 Å². The molecule has 0 saturated carbocycles. The Morgan fingerprint density at radius 1 is 0.829 bits per heavy atom. The number of rotatable bonds is 6. The molecule has 0 bridgehead atoms. The minimum absolute atomic E-state index is 0.0116. The van der Waals surface area contributed by atoms with Gasteiger partial charge in [-0.2, -0.15) is 13.0 Å². The molecular weight excluding hydrogens is 473 g/mol. The van der Waals surface area contributed by atoms with Gasteiger partial charge >= 0.3 is 10.1 Å². The van der Waals surface area contributed by atoms with Gasteiger partial charge in [0.25, 0.3) is 0 Å². The molecule has 0 fully saturated rings. The Balaban J connectivity index is 1.63. The second kappa shape index (κ2) is 8.74. The number of fused-ring (bicyclic) bond motifs is 4. The number of ether oxygens (including phenoxy) is 3. The SMILES string of the molecule is COc1cc2c(cc1OC)-c1cc3cc(OS(=O)(=O)c4cccc(F)c4)c(OC)cc3c[n+]1CC2. The summed E-state index contributed by atoms with van der Waals surface area (Å²) >= 11 is 0. The van der Waals surface area contributed by atoms with E-state index in [-0.39, 0.29) is 16.4 Å². The van der Waals surface area contributed by atoms with E-state index in [2.05, 4.69) is 4.57 Å². The third-order valence-corrected chi connectivity index (χ3v) is 7.29. The number of aryl methyl sites for hydroxylation is 2. The van der Waals surface area contributed by atoms with E-state index in [9.17, 15) is 12.8 Å². The molecule has 2 heterocycles. The first-order chi connectivity index (χ1) is 16.8. The summed E-state index contributed by atoms with van der Waals surface area (Å²) in [5.74, 6) is 0.885. The van der Waals surface area contributed by atoms with E-state index in [0.717, 1.165) is 46.6 Å². The lowest BCUT2D eigenvalue weighted by Gasteiger charge is -2.18. The van der Waals surface area contributed by atoms with Gasteiger partial charge < -0.3 is 18.4 Å². The molecule has 0 N–H and O–H groups in total. The fourth-order valence-electron chi connectivity index (χ4n) is 4.33. The van der Waals surface area contributed by atoms with Crippen LogP contribution in [0.3, 0.4) is 0 Å². The van der Waals surface area contributed by atoms with Crippen LogP contribution in [0.2, 0.25) is 0 Å². The maximum absolute atomic E-state index is 13.6. The molecule has 0 radical (unpaired) electrons. The zero-order chi connectivity index (χ0) is 24.7. The summed E-state index contributed by atoms with van der Waals surface area (Å²) in [5.41, 5.74) is 3.07. The monoisotopic (exact) mass is 496 g/mol. The Morgan fingerprint density at radius 3 is 2.23 bits per heavy atom. The molecule has 0 atom stereocenters. The van der Waals surface area contributed by atoms with Gasteiger partial charge in [-0.05, 0) is 53.4 Å². The predicted octanol–water partition coefficient (Wildman–Crippen LogP) is 4.28. The Bertz CT molecular complexity index is 1570. The van der Waals surface area contributed by atoms with Gasteiger partial charge in [0, 0.05) is 17.9 Å². The van der Waals surface area contributed by atoms with Gasteiger partial charge in [0.15, 0.2) is 35.7 Å². The second-order valence-electron chi connectivity index (χ2n) is 8.09. The zero-order valence-corrected chi connectivity index (χ0v) is 20.2. The number of pyridine rings is 1. The van der Waals surface area contributed by atoms with Gasteiger partial charge in [-0.3, -0.25) is 0 Å². The van der Waals surface area contributed by atoms with Crippen LogP contribution in [0.4, 0.5) is 4.39 Å². The number of benzene rings is 3. The molecule has 5 rings (SSSR count). The largest absolute Gasteiger partial charge is 0.493 e. The van der Waals surface area contributed by atoms with Gasteiger partial charge in [0.1, 0.15) is 10.7 Å². The molecule has 3 aromatic carbocycles. The van der Waals surface area contributed by atoms with E-state index in [0.29, 0.717) is 11.5 Å². The molecule has 180 valence electrons. The van der Waals surface area contributed by atoms with Crippen LogP contribution < -0.4 is 23.0 Å². The van der Waals surface area contributed by atoms with Crippen LogP contribution in [-0.4, -0.2) is 29.7 Å². The first kappa shape index (κ1) is 22.9. The molecular formula is C26H23FNO6S+. The number of nitrogens with zero attached hydrogens (tertiary/aromatic N) is 1. The van der Waals surface area contributed by atoms with Crippen molar-refractivity contribution in [2.24, 2.45) is 0 Å². The minimum Gasteiger partial charge on any atom is -0.493 e. The van der Waals surface area contributed by atoms with Crippen LogP contribution in [0.25, 0.3) is 22.0 Å². The predicted molar refractivity (Wildman–Crippen MR) is 127 cm³/mol. The van der Waals surface area contributed by atoms with Crippen molar-refractivity contribution in [1.29, 1.82) is 0 Å². The molecule has 0 saturated heterocycles. The number of hydrogen-bond acceptors (Lipinski definition) is 6. The maximum Gasteiger partial charge on any atom is 0.339 e. The Kier molecular flexibility index (Phi) is 5.72. The fraction of sp³-hybridized carbons (Fsp3) is 0.192. The smallest absolute Gasteiger partial charge is 0.339 e. The van der Waals surface area contributed by atoms with Gasteiger partial charge in [-0.25, -0.2) is 4.39 Å². The van der Waals surface area contributed by atoms with Gasteiger partial charge in [0.05, 0.1) is 26.9 Å². The highest BCUT2D eigenvalue weighted by molar-refractivity contribution is 7.87. The zero-order valence-electron chi connectivity index (χ0n) is 19.4. The van der Waals surface area contributed by atoms with E-state index in [4.69, 9.17) is 18.4 Å². The van der Waals surface area contributed by atoms with Crippen LogP contribution in [0.1, 0.15) is 5.56 Å². The van der Waals surface area contributed by atoms with Crippen molar-refractivity contribution in [2.75, 3.05) is 21.3 Å². The highest BCUT2D eigenvalue weighted by Gasteiger charge is 2.27. The summed E-state index contributed by atoms with van der Waals surface area (Å²) in [4.78, 5) is -0.282. The van der Waals surface area contributed by atoms with Gasteiger partial charge in [0.2, 0.25) is 5.69 Å². The van der Waals surface area contributed by atoms with E-state index in [1.54, 1.807) is 26.4 Å². The Morgan fingerprint density at radius 2 is 1.51 bits per heavy atom. The number of hydrogen-bond donors (Lipinski definition) is 0. The molecule has 35 heavy (non-hydrogen) atoms. The lowest BCUT2D eigenvalue weighted by Crippen LogP contribution is -2.40. The Hall–Kier alpha value is -3.85. The summed E-state index contributed by atoms with van der Waals surface area (Å²) in [6.45, 7) is 0.766. The normalized spacial score (nSPS) is 12.6. The number of halogens is 1. The average molecular weight is 497 g/mol. The van der Waals surface area contributed by atoms with E-state index in [1.807, 2.05) is 24.4 Å². The lowest BCUT2D eigenvalue weighted by molar-refractivity contribution is -0.686. The van der Waals surface area contributed by atoms with Crippen molar-refractivity contribution in [3.63, 3.8) is 0 Å². The van der Waals surface area contributed by atoms with E-state index in [1.165, 1.54) is 25.3 Å². The van der Waals surface area contributed by atoms with Crippen molar-refractivity contribution in [3.05, 3.63) is 72.2 Å². The maximum atomic E-state index is 13.6. The molecule has 0 spiro atoms.